The summed E-state index contributed by atoms with van der Waals surface area (Å²) in [7, 11) is 0. The van der Waals surface area contributed by atoms with Gasteiger partial charge in [-0.25, -0.2) is 14.3 Å². The summed E-state index contributed by atoms with van der Waals surface area (Å²) in [6.07, 6.45) is 0.117. The van der Waals surface area contributed by atoms with E-state index < -0.39 is 22.7 Å². The number of ether oxygens (including phenoxy) is 3. The Kier molecular flexibility index (Phi) is 7.94. The van der Waals surface area contributed by atoms with Gasteiger partial charge in [-0.1, -0.05) is 30.3 Å². The highest BCUT2D eigenvalue weighted by molar-refractivity contribution is 5.83. The van der Waals surface area contributed by atoms with Crippen molar-refractivity contribution in [3.05, 3.63) is 82.0 Å². The Hall–Kier alpha value is -4.41. The van der Waals surface area contributed by atoms with Crippen LogP contribution in [0.15, 0.2) is 60.7 Å². The number of amides is 1. The molecule has 1 amide bonds. The molecule has 3 aromatic rings. The van der Waals surface area contributed by atoms with Crippen molar-refractivity contribution >= 4 is 23.8 Å². The molecular formula is C27H30N4O7. The van der Waals surface area contributed by atoms with Crippen LogP contribution in [-0.2, 0) is 21.6 Å². The number of nitro groups is 1. The average Bonchev–Trinajstić information content (AvgIpc) is 3.51. The van der Waals surface area contributed by atoms with Gasteiger partial charge in [-0.15, -0.1) is 0 Å². The van der Waals surface area contributed by atoms with Crippen LogP contribution in [0.4, 0.5) is 21.1 Å². The fourth-order valence-corrected chi connectivity index (χ4v) is 4.27. The first kappa shape index (κ1) is 26.6. The maximum absolute atomic E-state index is 12.5. The first-order valence-corrected chi connectivity index (χ1v) is 12.3. The average molecular weight is 523 g/mol. The minimum atomic E-state index is -0.867. The summed E-state index contributed by atoms with van der Waals surface area (Å²) in [5, 5.41) is 18.3. The molecule has 11 heteroatoms. The number of nitrogens with zero attached hydrogens (tertiary/aromatic N) is 3. The lowest BCUT2D eigenvalue weighted by molar-refractivity contribution is -0.384. The molecule has 1 aliphatic carbocycles. The van der Waals surface area contributed by atoms with Crippen molar-refractivity contribution < 1.29 is 28.7 Å². The zero-order valence-electron chi connectivity index (χ0n) is 21.5. The van der Waals surface area contributed by atoms with Crippen molar-refractivity contribution in [2.24, 2.45) is 0 Å². The van der Waals surface area contributed by atoms with E-state index >= 15 is 0 Å². The molecule has 0 radical (unpaired) electrons. The van der Waals surface area contributed by atoms with Gasteiger partial charge in [-0.05, 0) is 57.7 Å². The van der Waals surface area contributed by atoms with Crippen LogP contribution in [0.5, 0.6) is 5.75 Å². The molecule has 11 nitrogen and oxygen atoms in total. The molecule has 2 atom stereocenters. The number of hydrogen-bond acceptors (Lipinski definition) is 8. The molecule has 1 saturated carbocycles. The van der Waals surface area contributed by atoms with E-state index in [9.17, 15) is 19.7 Å². The fourth-order valence-electron chi connectivity index (χ4n) is 4.27. The number of nitrogens with one attached hydrogen (secondary N) is 1. The summed E-state index contributed by atoms with van der Waals surface area (Å²) in [6.45, 7) is 6.11. The van der Waals surface area contributed by atoms with E-state index in [0.717, 1.165) is 17.7 Å². The van der Waals surface area contributed by atoms with E-state index in [2.05, 4.69) is 5.32 Å². The Morgan fingerprint density at radius 3 is 2.47 bits per heavy atom. The molecular weight excluding hydrogens is 492 g/mol. The van der Waals surface area contributed by atoms with Gasteiger partial charge >= 0.3 is 12.2 Å². The van der Waals surface area contributed by atoms with Crippen LogP contribution in [0.1, 0.15) is 57.2 Å². The molecule has 4 rings (SSSR count). The van der Waals surface area contributed by atoms with Gasteiger partial charge in [-0.2, -0.15) is 5.10 Å². The maximum Gasteiger partial charge on any atom is 0.514 e. The van der Waals surface area contributed by atoms with Crippen molar-refractivity contribution in [2.45, 2.75) is 64.2 Å². The van der Waals surface area contributed by atoms with Crippen molar-refractivity contribution in [1.29, 1.82) is 0 Å². The van der Waals surface area contributed by atoms with Crippen molar-refractivity contribution in [1.82, 2.24) is 9.78 Å². The number of carbonyl (C=O) groups excluding carboxylic acids is 2. The van der Waals surface area contributed by atoms with Crippen LogP contribution in [-0.4, -0.2) is 33.1 Å². The zero-order valence-corrected chi connectivity index (χ0v) is 21.5. The minimum absolute atomic E-state index is 0.0247. The number of carbonyl (C=O) groups is 2. The first-order valence-electron chi connectivity index (χ1n) is 12.3. The van der Waals surface area contributed by atoms with Gasteiger partial charge in [0.05, 0.1) is 16.2 Å². The summed E-state index contributed by atoms with van der Waals surface area (Å²) >= 11 is 0. The third-order valence-electron chi connectivity index (χ3n) is 6.12. The first-order chi connectivity index (χ1) is 18.1. The summed E-state index contributed by atoms with van der Waals surface area (Å²) in [5.74, 6) is 0.707. The van der Waals surface area contributed by atoms with Gasteiger partial charge in [0.25, 0.3) is 5.69 Å². The molecule has 0 aliphatic heterocycles. The van der Waals surface area contributed by atoms with Crippen LogP contribution in [0.3, 0.4) is 0 Å². The maximum atomic E-state index is 12.5. The third-order valence-corrected chi connectivity index (χ3v) is 6.12. The quantitative estimate of drug-likeness (QED) is 0.169. The smallest absolute Gasteiger partial charge is 0.444 e. The molecule has 0 saturated heterocycles. The number of hydrogen-bond donors (Lipinski definition) is 1. The monoisotopic (exact) mass is 522 g/mol. The van der Waals surface area contributed by atoms with E-state index in [0.29, 0.717) is 18.7 Å². The zero-order chi connectivity index (χ0) is 27.3. The highest BCUT2D eigenvalue weighted by Gasteiger charge is 2.33. The van der Waals surface area contributed by atoms with Crippen molar-refractivity contribution in [2.75, 3.05) is 5.32 Å². The molecule has 1 N–H and O–H groups in total. The molecule has 0 unspecified atom stereocenters. The van der Waals surface area contributed by atoms with Crippen molar-refractivity contribution in [3.8, 4) is 5.75 Å². The normalized spacial score (nSPS) is 17.0. The Morgan fingerprint density at radius 1 is 1.11 bits per heavy atom. The number of non-ortho nitro benzene ring substituents is 1. The largest absolute Gasteiger partial charge is 0.514 e. The van der Waals surface area contributed by atoms with Gasteiger partial charge < -0.3 is 14.2 Å². The van der Waals surface area contributed by atoms with Crippen LogP contribution in [0.25, 0.3) is 0 Å². The summed E-state index contributed by atoms with van der Waals surface area (Å²) in [4.78, 5) is 35.0. The molecule has 38 heavy (non-hydrogen) atoms. The van der Waals surface area contributed by atoms with Gasteiger partial charge in [0, 0.05) is 24.1 Å². The molecule has 1 aromatic heterocycles. The van der Waals surface area contributed by atoms with E-state index in [-0.39, 0.29) is 30.1 Å². The summed E-state index contributed by atoms with van der Waals surface area (Å²) in [5.41, 5.74) is 1.17. The van der Waals surface area contributed by atoms with Crippen molar-refractivity contribution in [3.63, 3.8) is 0 Å². The number of nitro benzene ring substituents is 1. The van der Waals surface area contributed by atoms with Gasteiger partial charge in [-0.3, -0.25) is 15.4 Å². The lowest BCUT2D eigenvalue weighted by atomic mass is 10.0. The Balaban J connectivity index is 1.35. The van der Waals surface area contributed by atoms with Gasteiger partial charge in [0.15, 0.2) is 0 Å². The minimum Gasteiger partial charge on any atom is -0.444 e. The standard InChI is InChI=1S/C27H30N4O7/c1-27(2,3)30-24(28-25(32)36-17-18-7-5-4-6-8-18)16-23(29-30)19-9-12-22(15-19)38-26(33)37-21-13-10-20(11-14-21)31(34)35/h4-8,10-11,13-14,16,19,22H,9,12,15,17H2,1-3H3,(H,28,32)/t19-,22+/m1/s1. The SMILES string of the molecule is CC(C)(C)n1nc([C@@H]2CC[C@H](OC(=O)Oc3ccc([N+](=O)[O-])cc3)C2)cc1NC(=O)OCc1ccccc1. The number of rotatable bonds is 7. The van der Waals surface area contributed by atoms with Crippen LogP contribution >= 0.6 is 0 Å². The van der Waals surface area contributed by atoms with E-state index in [1.165, 1.54) is 24.3 Å². The molecule has 2 aromatic carbocycles. The second-order valence-corrected chi connectivity index (χ2v) is 10.1. The van der Waals surface area contributed by atoms with Gasteiger partial charge in [0.2, 0.25) is 0 Å². The summed E-state index contributed by atoms with van der Waals surface area (Å²) < 4.78 is 17.7. The van der Waals surface area contributed by atoms with E-state index in [1.54, 1.807) is 4.68 Å². The van der Waals surface area contributed by atoms with Crippen LogP contribution in [0, 0.1) is 10.1 Å². The number of aromatic nitrogens is 2. The Labute approximate surface area is 219 Å². The predicted octanol–water partition coefficient (Wildman–Crippen LogP) is 6.15. The highest BCUT2D eigenvalue weighted by Crippen LogP contribution is 2.37. The second-order valence-electron chi connectivity index (χ2n) is 10.1. The van der Waals surface area contributed by atoms with E-state index in [4.69, 9.17) is 19.3 Å². The topological polar surface area (TPSA) is 135 Å². The third kappa shape index (κ3) is 6.87. The number of anilines is 1. The molecule has 1 heterocycles. The lowest BCUT2D eigenvalue weighted by Gasteiger charge is -2.22. The lowest BCUT2D eigenvalue weighted by Crippen LogP contribution is -2.27. The Bertz CT molecular complexity index is 1280. The van der Waals surface area contributed by atoms with Gasteiger partial charge in [0.1, 0.15) is 24.3 Å². The highest BCUT2D eigenvalue weighted by atomic mass is 16.7. The fraction of sp³-hybridized carbons (Fsp3) is 0.370. The molecule has 1 fully saturated rings. The molecule has 0 spiro atoms. The second kappa shape index (κ2) is 11.3. The predicted molar refractivity (Wildman–Crippen MR) is 138 cm³/mol. The number of benzene rings is 2. The molecule has 1 aliphatic rings. The summed E-state index contributed by atoms with van der Waals surface area (Å²) in [6, 6.07) is 16.4. The molecule has 0 bridgehead atoms. The Morgan fingerprint density at radius 2 is 1.82 bits per heavy atom. The molecule has 200 valence electrons. The van der Waals surface area contributed by atoms with Crippen LogP contribution < -0.4 is 10.1 Å². The van der Waals surface area contributed by atoms with Crippen LogP contribution in [0.2, 0.25) is 0 Å². The van der Waals surface area contributed by atoms with E-state index in [1.807, 2.05) is 57.2 Å².